The first-order valence-corrected chi connectivity index (χ1v) is 12.6. The van der Waals surface area contributed by atoms with Crippen LogP contribution in [0.25, 0.3) is 11.4 Å². The van der Waals surface area contributed by atoms with Crippen LogP contribution in [0, 0.1) is 6.92 Å². The van der Waals surface area contributed by atoms with E-state index in [2.05, 4.69) is 9.88 Å². The summed E-state index contributed by atoms with van der Waals surface area (Å²) in [4.78, 5) is 47.0. The number of aliphatic hydroxyl groups excluding tert-OH is 1. The zero-order valence-corrected chi connectivity index (χ0v) is 21.4. The van der Waals surface area contributed by atoms with Gasteiger partial charge in [-0.3, -0.25) is 18.9 Å². The van der Waals surface area contributed by atoms with Crippen LogP contribution in [0.5, 0.6) is 0 Å². The lowest BCUT2D eigenvalue weighted by molar-refractivity contribution is -0.140. The van der Waals surface area contributed by atoms with Gasteiger partial charge >= 0.3 is 5.97 Å². The van der Waals surface area contributed by atoms with Crippen molar-refractivity contribution in [3.05, 3.63) is 76.7 Å². The predicted octanol–water partition coefficient (Wildman–Crippen LogP) is 2.57. The van der Waals surface area contributed by atoms with Gasteiger partial charge in [0.25, 0.3) is 11.7 Å². The van der Waals surface area contributed by atoms with Crippen molar-refractivity contribution in [3.8, 4) is 0 Å². The van der Waals surface area contributed by atoms with E-state index in [1.165, 1.54) is 12.0 Å². The van der Waals surface area contributed by atoms with E-state index >= 15 is 0 Å². The number of amides is 1. The van der Waals surface area contributed by atoms with Crippen LogP contribution in [-0.2, 0) is 19.1 Å². The van der Waals surface area contributed by atoms with Crippen molar-refractivity contribution in [2.45, 2.75) is 19.4 Å². The maximum atomic E-state index is 13.4. The van der Waals surface area contributed by atoms with Gasteiger partial charge in [0, 0.05) is 32.4 Å². The summed E-state index contributed by atoms with van der Waals surface area (Å²) in [6.07, 6.45) is 2.40. The van der Waals surface area contributed by atoms with Gasteiger partial charge in [0.05, 0.1) is 43.2 Å². The third kappa shape index (κ3) is 4.68. The molecule has 1 N–H and O–H groups in total. The number of methoxy groups -OCH3 is 1. The van der Waals surface area contributed by atoms with Crippen LogP contribution in [-0.4, -0.2) is 88.5 Å². The molecule has 3 aromatic rings. The molecule has 38 heavy (non-hydrogen) atoms. The summed E-state index contributed by atoms with van der Waals surface area (Å²) in [6, 6.07) is 11.2. The third-order valence-electron chi connectivity index (χ3n) is 7.09. The minimum Gasteiger partial charge on any atom is -0.505 e. The molecule has 0 radical (unpaired) electrons. The monoisotopic (exact) mass is 518 g/mol. The van der Waals surface area contributed by atoms with Gasteiger partial charge in [-0.05, 0) is 43.2 Å². The molecule has 1 amide bonds. The number of likely N-dealkylation sites (tertiary alicyclic amines) is 1. The molecule has 2 aromatic heterocycles. The summed E-state index contributed by atoms with van der Waals surface area (Å²) in [7, 11) is 1.30. The topological polar surface area (TPSA) is 114 Å². The molecule has 10 heteroatoms. The molecule has 2 saturated heterocycles. The van der Waals surface area contributed by atoms with E-state index < -0.39 is 23.7 Å². The zero-order valence-electron chi connectivity index (χ0n) is 21.4. The molecular formula is C28H30N4O6. The number of hydrogen-bond donors (Lipinski definition) is 1. The average molecular weight is 519 g/mol. The number of carbonyl (C=O) groups is 3. The summed E-state index contributed by atoms with van der Waals surface area (Å²) in [5, 5.41) is 11.6. The lowest BCUT2D eigenvalue weighted by atomic mass is 9.95. The Morgan fingerprint density at radius 3 is 2.55 bits per heavy atom. The highest BCUT2D eigenvalue weighted by Crippen LogP contribution is 2.40. The number of rotatable bonds is 7. The van der Waals surface area contributed by atoms with E-state index in [0.29, 0.717) is 54.3 Å². The largest absolute Gasteiger partial charge is 0.505 e. The highest BCUT2D eigenvalue weighted by atomic mass is 16.5. The van der Waals surface area contributed by atoms with E-state index in [0.717, 1.165) is 19.6 Å². The number of fused-ring (bicyclic) bond motifs is 1. The Kier molecular flexibility index (Phi) is 7.26. The van der Waals surface area contributed by atoms with Gasteiger partial charge in [-0.2, -0.15) is 0 Å². The van der Waals surface area contributed by atoms with Crippen molar-refractivity contribution >= 4 is 29.1 Å². The molecule has 10 nitrogen and oxygen atoms in total. The highest BCUT2D eigenvalue weighted by molar-refractivity contribution is 6.46. The van der Waals surface area contributed by atoms with E-state index in [1.54, 1.807) is 53.9 Å². The molecule has 5 rings (SSSR count). The van der Waals surface area contributed by atoms with Crippen LogP contribution >= 0.6 is 0 Å². The molecule has 4 heterocycles. The molecule has 0 spiro atoms. The van der Waals surface area contributed by atoms with Crippen molar-refractivity contribution in [1.82, 2.24) is 19.2 Å². The summed E-state index contributed by atoms with van der Waals surface area (Å²) in [6.45, 7) is 5.84. The van der Waals surface area contributed by atoms with Crippen molar-refractivity contribution in [2.24, 2.45) is 0 Å². The molecule has 198 valence electrons. The number of esters is 1. The lowest BCUT2D eigenvalue weighted by Crippen LogP contribution is -2.39. The smallest absolute Gasteiger partial charge is 0.337 e. The van der Waals surface area contributed by atoms with Crippen molar-refractivity contribution in [2.75, 3.05) is 46.5 Å². The van der Waals surface area contributed by atoms with Gasteiger partial charge in [-0.1, -0.05) is 18.2 Å². The highest BCUT2D eigenvalue weighted by Gasteiger charge is 2.46. The number of pyridine rings is 1. The van der Waals surface area contributed by atoms with Crippen LogP contribution in [0.2, 0.25) is 0 Å². The first-order chi connectivity index (χ1) is 18.4. The second kappa shape index (κ2) is 10.8. The van der Waals surface area contributed by atoms with Crippen molar-refractivity contribution in [1.29, 1.82) is 0 Å². The summed E-state index contributed by atoms with van der Waals surface area (Å²) < 4.78 is 11.9. The molecule has 1 aromatic carbocycles. The van der Waals surface area contributed by atoms with Crippen molar-refractivity contribution < 1.29 is 29.0 Å². The second-order valence-electron chi connectivity index (χ2n) is 9.39. The summed E-state index contributed by atoms with van der Waals surface area (Å²) in [5.41, 5.74) is 2.47. The Hall–Kier alpha value is -4.02. The van der Waals surface area contributed by atoms with Gasteiger partial charge in [0.15, 0.2) is 5.76 Å². The first kappa shape index (κ1) is 25.6. The Balaban J connectivity index is 1.55. The minimum absolute atomic E-state index is 0.000874. The van der Waals surface area contributed by atoms with Crippen LogP contribution < -0.4 is 0 Å². The number of aryl methyl sites for hydroxylation is 1. The van der Waals surface area contributed by atoms with E-state index in [-0.39, 0.29) is 11.3 Å². The third-order valence-corrected chi connectivity index (χ3v) is 7.09. The normalized spacial score (nSPS) is 19.8. The number of morpholine rings is 1. The standard InChI is InChI=1S/C28H30N4O6/c1-18-23(31-12-4-3-6-21(31)29-18)25(33)22-24(19-7-9-20(10-8-19)28(36)37-2)32(27(35)26(22)34)13-5-11-30-14-16-38-17-15-30/h3-4,6-10,12,24,33H,5,11,13-17H2,1-2H3/b25-22+. The fourth-order valence-electron chi connectivity index (χ4n) is 5.19. The maximum absolute atomic E-state index is 13.4. The van der Waals surface area contributed by atoms with E-state index in [9.17, 15) is 19.5 Å². The van der Waals surface area contributed by atoms with Gasteiger partial charge in [0.1, 0.15) is 11.3 Å². The number of hydrogen-bond acceptors (Lipinski definition) is 8. The zero-order chi connectivity index (χ0) is 26.8. The van der Waals surface area contributed by atoms with Gasteiger partial charge in [-0.25, -0.2) is 9.78 Å². The number of aliphatic hydroxyl groups is 1. The fourth-order valence-corrected chi connectivity index (χ4v) is 5.19. The number of aromatic nitrogens is 2. The quantitative estimate of drug-likeness (QED) is 0.220. The van der Waals surface area contributed by atoms with Crippen LogP contribution in [0.1, 0.15) is 39.8 Å². The summed E-state index contributed by atoms with van der Waals surface area (Å²) >= 11 is 0. The number of Topliss-reactive ketones (excluding diaryl/α,β-unsaturated/α-hetero) is 1. The molecule has 0 bridgehead atoms. The molecule has 0 saturated carbocycles. The van der Waals surface area contributed by atoms with Crippen molar-refractivity contribution in [3.63, 3.8) is 0 Å². The number of imidazole rings is 1. The Labute approximate surface area is 220 Å². The molecule has 2 aliphatic rings. The van der Waals surface area contributed by atoms with Gasteiger partial charge < -0.3 is 19.5 Å². The molecule has 2 fully saturated rings. The molecule has 1 atom stereocenters. The SMILES string of the molecule is COC(=O)c1ccc(C2/C(=C(\O)c3c(C)nc4ccccn34)C(=O)C(=O)N2CCCN2CCOCC2)cc1. The van der Waals surface area contributed by atoms with Gasteiger partial charge in [-0.15, -0.1) is 0 Å². The number of carbonyl (C=O) groups excluding carboxylic acids is 3. The van der Waals surface area contributed by atoms with E-state index in [4.69, 9.17) is 9.47 Å². The number of benzene rings is 1. The fraction of sp³-hybridized carbons (Fsp3) is 0.357. The molecule has 1 unspecified atom stereocenters. The maximum Gasteiger partial charge on any atom is 0.337 e. The Bertz CT molecular complexity index is 1400. The summed E-state index contributed by atoms with van der Waals surface area (Å²) in [5.74, 6) is -2.18. The Morgan fingerprint density at radius 1 is 1.11 bits per heavy atom. The predicted molar refractivity (Wildman–Crippen MR) is 139 cm³/mol. The number of nitrogens with zero attached hydrogens (tertiary/aromatic N) is 4. The lowest BCUT2D eigenvalue weighted by Gasteiger charge is -2.29. The molecule has 0 aliphatic carbocycles. The van der Waals surface area contributed by atoms with Crippen LogP contribution in [0.3, 0.4) is 0 Å². The number of ketones is 1. The average Bonchev–Trinajstić information content (AvgIpc) is 3.41. The van der Waals surface area contributed by atoms with E-state index in [1.807, 2.05) is 6.07 Å². The van der Waals surface area contributed by atoms with Gasteiger partial charge in [0.2, 0.25) is 0 Å². The molecular weight excluding hydrogens is 488 g/mol. The Morgan fingerprint density at radius 2 is 1.84 bits per heavy atom. The van der Waals surface area contributed by atoms with Crippen LogP contribution in [0.4, 0.5) is 0 Å². The first-order valence-electron chi connectivity index (χ1n) is 12.6. The number of ether oxygens (including phenoxy) is 2. The second-order valence-corrected chi connectivity index (χ2v) is 9.39. The van der Waals surface area contributed by atoms with Crippen LogP contribution in [0.15, 0.2) is 54.2 Å². The minimum atomic E-state index is -0.819. The molecule has 2 aliphatic heterocycles.